The summed E-state index contributed by atoms with van der Waals surface area (Å²) in [5.41, 5.74) is 0.359. The van der Waals surface area contributed by atoms with Crippen molar-refractivity contribution in [2.45, 2.75) is 78.0 Å². The number of alkyl carbamates (subject to hydrolysis) is 1. The SMILES string of the molecule is CC.COc1ccc(S(=O)(=O)N(CC[C@H](COCc2ccccc2)NC(=O)OC(C)(C)C)CC(C)C)cc1. The van der Waals surface area contributed by atoms with Gasteiger partial charge in [0.2, 0.25) is 10.0 Å². The molecule has 0 aromatic heterocycles. The van der Waals surface area contributed by atoms with Crippen molar-refractivity contribution in [1.82, 2.24) is 9.62 Å². The summed E-state index contributed by atoms with van der Waals surface area (Å²) in [4.78, 5) is 12.7. The van der Waals surface area contributed by atoms with E-state index in [4.69, 9.17) is 14.2 Å². The van der Waals surface area contributed by atoms with Gasteiger partial charge in [0.05, 0.1) is 31.3 Å². The van der Waals surface area contributed by atoms with Crippen LogP contribution in [0, 0.1) is 5.92 Å². The molecule has 1 amide bonds. The number of nitrogens with one attached hydrogen (secondary N) is 1. The van der Waals surface area contributed by atoms with Crippen molar-refractivity contribution in [3.8, 4) is 5.75 Å². The molecule has 0 aliphatic rings. The number of methoxy groups -OCH3 is 1. The molecule has 0 bridgehead atoms. The number of carbonyl (C=O) groups excluding carboxylic acids is 1. The van der Waals surface area contributed by atoms with Gasteiger partial charge in [-0.15, -0.1) is 0 Å². The highest BCUT2D eigenvalue weighted by Gasteiger charge is 2.27. The summed E-state index contributed by atoms with van der Waals surface area (Å²) in [6.45, 7) is 14.5. The number of nitrogens with zero attached hydrogens (tertiary/aromatic N) is 1. The predicted octanol–water partition coefficient (Wildman–Crippen LogP) is 5.87. The van der Waals surface area contributed by atoms with Crippen LogP contribution in [0.4, 0.5) is 4.79 Å². The molecule has 38 heavy (non-hydrogen) atoms. The number of hydrogen-bond donors (Lipinski definition) is 1. The number of amides is 1. The van der Waals surface area contributed by atoms with Crippen molar-refractivity contribution in [3.63, 3.8) is 0 Å². The van der Waals surface area contributed by atoms with Crippen LogP contribution in [0.1, 0.15) is 60.5 Å². The van der Waals surface area contributed by atoms with Gasteiger partial charge in [0, 0.05) is 13.1 Å². The zero-order valence-electron chi connectivity index (χ0n) is 24.2. The molecule has 214 valence electrons. The Morgan fingerprint density at radius 3 is 2.13 bits per heavy atom. The Morgan fingerprint density at radius 1 is 1.00 bits per heavy atom. The maximum atomic E-state index is 13.4. The van der Waals surface area contributed by atoms with Gasteiger partial charge < -0.3 is 19.5 Å². The van der Waals surface area contributed by atoms with Crippen LogP contribution in [0.2, 0.25) is 0 Å². The predicted molar refractivity (Wildman–Crippen MR) is 152 cm³/mol. The largest absolute Gasteiger partial charge is 0.497 e. The first kappa shape index (κ1) is 33.4. The molecule has 0 heterocycles. The van der Waals surface area contributed by atoms with Crippen molar-refractivity contribution < 1.29 is 27.4 Å². The molecule has 0 radical (unpaired) electrons. The molecule has 2 rings (SSSR count). The quantitative estimate of drug-likeness (QED) is 0.335. The Bertz CT molecular complexity index is 1030. The van der Waals surface area contributed by atoms with Gasteiger partial charge in [-0.2, -0.15) is 4.31 Å². The highest BCUT2D eigenvalue weighted by molar-refractivity contribution is 7.89. The van der Waals surface area contributed by atoms with Gasteiger partial charge in [-0.1, -0.05) is 58.0 Å². The topological polar surface area (TPSA) is 94.2 Å². The van der Waals surface area contributed by atoms with Crippen molar-refractivity contribution in [2.75, 3.05) is 26.8 Å². The highest BCUT2D eigenvalue weighted by atomic mass is 32.2. The molecule has 0 aliphatic carbocycles. The lowest BCUT2D eigenvalue weighted by molar-refractivity contribution is 0.0418. The normalized spacial score (nSPS) is 12.5. The molecule has 0 fully saturated rings. The first-order valence-electron chi connectivity index (χ1n) is 13.2. The molecular formula is C29H46N2O6S. The Balaban J connectivity index is 0.00000352. The van der Waals surface area contributed by atoms with Gasteiger partial charge >= 0.3 is 6.09 Å². The number of carbonyl (C=O) groups is 1. The van der Waals surface area contributed by atoms with Crippen LogP contribution in [0.5, 0.6) is 5.75 Å². The summed E-state index contributed by atoms with van der Waals surface area (Å²) < 4.78 is 44.8. The van der Waals surface area contributed by atoms with E-state index in [0.717, 1.165) is 5.56 Å². The van der Waals surface area contributed by atoms with Crippen LogP contribution in [0.25, 0.3) is 0 Å². The van der Waals surface area contributed by atoms with Crippen LogP contribution in [0.15, 0.2) is 59.5 Å². The third-order valence-electron chi connectivity index (χ3n) is 5.14. The second kappa shape index (κ2) is 16.4. The van der Waals surface area contributed by atoms with Gasteiger partial charge in [-0.3, -0.25) is 0 Å². The molecule has 0 saturated carbocycles. The average molecular weight is 551 g/mol. The van der Waals surface area contributed by atoms with Gasteiger partial charge in [0.15, 0.2) is 0 Å². The fourth-order valence-electron chi connectivity index (χ4n) is 3.48. The van der Waals surface area contributed by atoms with E-state index in [1.165, 1.54) is 11.4 Å². The number of hydrogen-bond acceptors (Lipinski definition) is 6. The van der Waals surface area contributed by atoms with Crippen LogP contribution < -0.4 is 10.1 Å². The first-order chi connectivity index (χ1) is 17.9. The van der Waals surface area contributed by atoms with Crippen molar-refractivity contribution >= 4 is 16.1 Å². The van der Waals surface area contributed by atoms with E-state index >= 15 is 0 Å². The minimum absolute atomic E-state index is 0.115. The maximum absolute atomic E-state index is 13.4. The average Bonchev–Trinajstić information content (AvgIpc) is 2.86. The standard InChI is InChI=1S/C27H40N2O6S.C2H6/c1-21(2)18-29(36(31,32)25-14-12-24(33-6)13-15-25)17-16-23(28-26(30)35-27(3,4)5)20-34-19-22-10-8-7-9-11-22;1-2/h7-15,21,23H,16-20H2,1-6H3,(H,28,30);1-2H3/t23-;/m1./s1. The molecule has 1 atom stereocenters. The molecule has 0 spiro atoms. The summed E-state index contributed by atoms with van der Waals surface area (Å²) in [6.07, 6.45) is -0.208. The molecule has 2 aromatic carbocycles. The zero-order chi connectivity index (χ0) is 28.8. The summed E-state index contributed by atoms with van der Waals surface area (Å²) in [6, 6.07) is 15.6. The van der Waals surface area contributed by atoms with Crippen molar-refractivity contribution in [1.29, 1.82) is 0 Å². The van der Waals surface area contributed by atoms with E-state index in [-0.39, 0.29) is 24.0 Å². The van der Waals surface area contributed by atoms with Crippen LogP contribution >= 0.6 is 0 Å². The first-order valence-corrected chi connectivity index (χ1v) is 14.6. The second-order valence-corrected chi connectivity index (χ2v) is 12.0. The Hall–Kier alpha value is -2.62. The van der Waals surface area contributed by atoms with Gasteiger partial charge in [-0.25, -0.2) is 13.2 Å². The molecule has 0 saturated heterocycles. The number of benzene rings is 2. The molecule has 2 aromatic rings. The number of ether oxygens (including phenoxy) is 3. The van der Waals surface area contributed by atoms with Gasteiger partial charge in [0.25, 0.3) is 0 Å². The van der Waals surface area contributed by atoms with E-state index < -0.39 is 27.8 Å². The number of sulfonamides is 1. The van der Waals surface area contributed by atoms with E-state index in [2.05, 4.69) is 5.32 Å². The smallest absolute Gasteiger partial charge is 0.407 e. The lowest BCUT2D eigenvalue weighted by atomic mass is 10.2. The summed E-state index contributed by atoms with van der Waals surface area (Å²) in [7, 11) is -2.21. The third-order valence-corrected chi connectivity index (χ3v) is 7.02. The minimum Gasteiger partial charge on any atom is -0.497 e. The third kappa shape index (κ3) is 12.3. The maximum Gasteiger partial charge on any atom is 0.407 e. The monoisotopic (exact) mass is 550 g/mol. The fourth-order valence-corrected chi connectivity index (χ4v) is 5.10. The van der Waals surface area contributed by atoms with E-state index in [1.54, 1.807) is 45.0 Å². The fraction of sp³-hybridized carbons (Fsp3) is 0.552. The highest BCUT2D eigenvalue weighted by Crippen LogP contribution is 2.21. The molecule has 9 heteroatoms. The van der Waals surface area contributed by atoms with E-state index in [0.29, 0.717) is 25.3 Å². The van der Waals surface area contributed by atoms with Crippen molar-refractivity contribution in [2.24, 2.45) is 5.92 Å². The van der Waals surface area contributed by atoms with Crippen molar-refractivity contribution in [3.05, 3.63) is 60.2 Å². The van der Waals surface area contributed by atoms with Gasteiger partial charge in [-0.05, 0) is 62.9 Å². The lowest BCUT2D eigenvalue weighted by Crippen LogP contribution is -2.44. The molecule has 0 unspecified atom stereocenters. The molecule has 8 nitrogen and oxygen atoms in total. The Morgan fingerprint density at radius 2 is 1.61 bits per heavy atom. The molecule has 0 aliphatic heterocycles. The lowest BCUT2D eigenvalue weighted by Gasteiger charge is -2.27. The summed E-state index contributed by atoms with van der Waals surface area (Å²) in [5, 5.41) is 2.85. The van der Waals surface area contributed by atoms with E-state index in [1.807, 2.05) is 58.0 Å². The Labute approximate surface area is 229 Å². The van der Waals surface area contributed by atoms with E-state index in [9.17, 15) is 13.2 Å². The Kier molecular flexibility index (Phi) is 14.4. The van der Waals surface area contributed by atoms with Gasteiger partial charge in [0.1, 0.15) is 11.4 Å². The zero-order valence-corrected chi connectivity index (χ0v) is 25.0. The van der Waals surface area contributed by atoms with Crippen LogP contribution in [0.3, 0.4) is 0 Å². The minimum atomic E-state index is -3.74. The summed E-state index contributed by atoms with van der Waals surface area (Å²) in [5.74, 6) is 0.700. The molecular weight excluding hydrogens is 504 g/mol. The van der Waals surface area contributed by atoms with Crippen LogP contribution in [-0.2, 0) is 26.1 Å². The summed E-state index contributed by atoms with van der Waals surface area (Å²) >= 11 is 0. The second-order valence-electron chi connectivity index (χ2n) is 10.1. The molecule has 1 N–H and O–H groups in total. The van der Waals surface area contributed by atoms with Crippen LogP contribution in [-0.4, -0.2) is 57.3 Å². The number of rotatable bonds is 13.